The van der Waals surface area contributed by atoms with Crippen LogP contribution in [0.3, 0.4) is 0 Å². The molecule has 31 heavy (non-hydrogen) atoms. The Hall–Kier alpha value is -3.07. The van der Waals surface area contributed by atoms with Crippen LogP contribution in [0, 0.1) is 0 Å². The lowest BCUT2D eigenvalue weighted by Gasteiger charge is -2.07. The third-order valence-corrected chi connectivity index (χ3v) is 6.35. The number of rotatable bonds is 6. The molecule has 0 amide bonds. The number of hydrogen-bond acceptors (Lipinski definition) is 6. The second-order valence-corrected chi connectivity index (χ2v) is 8.36. The van der Waals surface area contributed by atoms with E-state index in [1.54, 1.807) is 29.3 Å². The van der Waals surface area contributed by atoms with Crippen LogP contribution in [-0.4, -0.2) is 43.0 Å². The van der Waals surface area contributed by atoms with Crippen LogP contribution in [0.15, 0.2) is 55.0 Å². The monoisotopic (exact) mass is 450 g/mol. The Kier molecular flexibility index (Phi) is 5.27. The van der Waals surface area contributed by atoms with Crippen molar-refractivity contribution in [1.29, 1.82) is 0 Å². The highest BCUT2D eigenvalue weighted by atomic mass is 35.5. The summed E-state index contributed by atoms with van der Waals surface area (Å²) >= 11 is 8.33. The molecule has 0 unspecified atom stereocenters. The lowest BCUT2D eigenvalue weighted by molar-refractivity contribution is 0.187. The Balaban J connectivity index is 1.73. The molecule has 0 aliphatic carbocycles. The van der Waals surface area contributed by atoms with Gasteiger partial charge in [-0.3, -0.25) is 4.68 Å². The van der Waals surface area contributed by atoms with Gasteiger partial charge < -0.3 is 9.30 Å². The quantitative estimate of drug-likeness (QED) is 0.343. The van der Waals surface area contributed by atoms with Crippen molar-refractivity contribution in [3.63, 3.8) is 0 Å². The lowest BCUT2D eigenvalue weighted by atomic mass is 10.0. The maximum absolute atomic E-state index is 6.77. The van der Waals surface area contributed by atoms with Crippen LogP contribution >= 0.6 is 22.9 Å². The van der Waals surface area contributed by atoms with Gasteiger partial charge in [-0.05, 0) is 11.6 Å². The fourth-order valence-corrected chi connectivity index (χ4v) is 5.02. The van der Waals surface area contributed by atoms with Crippen LogP contribution in [0.2, 0.25) is 5.15 Å². The Morgan fingerprint density at radius 1 is 1.10 bits per heavy atom. The summed E-state index contributed by atoms with van der Waals surface area (Å²) < 4.78 is 8.95. The van der Waals surface area contributed by atoms with Gasteiger partial charge in [0.2, 0.25) is 0 Å². The molecule has 1 aromatic carbocycles. The smallest absolute Gasteiger partial charge is 0.198 e. The SMILES string of the molecule is COCCn1ccnc1-c1nc(Cl)c2c(-c3ccccc3)c(-c3ccn(C)n3)sc2n1. The standard InChI is InChI=1S/C22H19ClN6OS/c1-28-10-8-15(27-28)18-16(14-6-4-3-5-7-14)17-19(23)25-20(26-22(17)31-18)21-24-9-11-29(21)12-13-30-2/h3-11H,12-13H2,1-2H3. The molecule has 0 spiro atoms. The summed E-state index contributed by atoms with van der Waals surface area (Å²) in [7, 11) is 3.58. The van der Waals surface area contributed by atoms with E-state index in [1.165, 1.54) is 0 Å². The molecule has 5 aromatic rings. The van der Waals surface area contributed by atoms with Crippen molar-refractivity contribution >= 4 is 33.2 Å². The van der Waals surface area contributed by atoms with E-state index in [9.17, 15) is 0 Å². The second kappa shape index (κ2) is 8.22. The van der Waals surface area contributed by atoms with Gasteiger partial charge in [-0.15, -0.1) is 11.3 Å². The number of ether oxygens (including phenoxy) is 1. The molecule has 9 heteroatoms. The van der Waals surface area contributed by atoms with Crippen molar-refractivity contribution < 1.29 is 4.74 Å². The zero-order chi connectivity index (χ0) is 21.4. The minimum absolute atomic E-state index is 0.401. The van der Waals surface area contributed by atoms with Crippen LogP contribution in [0.1, 0.15) is 0 Å². The van der Waals surface area contributed by atoms with Gasteiger partial charge in [0.05, 0.1) is 16.9 Å². The zero-order valence-corrected chi connectivity index (χ0v) is 18.6. The van der Waals surface area contributed by atoms with E-state index in [4.69, 9.17) is 21.3 Å². The molecule has 0 atom stereocenters. The minimum Gasteiger partial charge on any atom is -0.383 e. The Bertz CT molecular complexity index is 1360. The number of imidazole rings is 1. The first-order valence-electron chi connectivity index (χ1n) is 9.71. The van der Waals surface area contributed by atoms with E-state index in [1.807, 2.05) is 48.3 Å². The first-order chi connectivity index (χ1) is 15.2. The molecule has 0 bridgehead atoms. The second-order valence-electron chi connectivity index (χ2n) is 7.00. The van der Waals surface area contributed by atoms with E-state index in [0.29, 0.717) is 30.0 Å². The Morgan fingerprint density at radius 3 is 2.68 bits per heavy atom. The normalized spacial score (nSPS) is 11.5. The van der Waals surface area contributed by atoms with Gasteiger partial charge in [0.15, 0.2) is 11.6 Å². The highest BCUT2D eigenvalue weighted by Crippen LogP contribution is 2.46. The topological polar surface area (TPSA) is 70.7 Å². The van der Waals surface area contributed by atoms with Crippen molar-refractivity contribution in [3.05, 3.63) is 60.1 Å². The molecule has 0 radical (unpaired) electrons. The first kappa shape index (κ1) is 19.9. The molecule has 4 heterocycles. The van der Waals surface area contributed by atoms with Crippen LogP contribution in [0.4, 0.5) is 0 Å². The van der Waals surface area contributed by atoms with Crippen molar-refractivity contribution in [2.24, 2.45) is 7.05 Å². The fraction of sp³-hybridized carbons (Fsp3) is 0.182. The molecule has 156 valence electrons. The molecular formula is C22H19ClN6OS. The summed E-state index contributed by atoms with van der Waals surface area (Å²) in [5.41, 5.74) is 2.93. The number of aromatic nitrogens is 6. The zero-order valence-electron chi connectivity index (χ0n) is 17.0. The third-order valence-electron chi connectivity index (χ3n) is 4.97. The first-order valence-corrected chi connectivity index (χ1v) is 10.9. The third kappa shape index (κ3) is 3.63. The summed E-state index contributed by atoms with van der Waals surface area (Å²) in [5, 5.41) is 5.85. The molecule has 0 aliphatic rings. The van der Waals surface area contributed by atoms with Gasteiger partial charge in [-0.25, -0.2) is 15.0 Å². The molecule has 0 saturated heterocycles. The Morgan fingerprint density at radius 2 is 1.94 bits per heavy atom. The van der Waals surface area contributed by atoms with Gasteiger partial charge in [-0.2, -0.15) is 5.10 Å². The number of hydrogen-bond donors (Lipinski definition) is 0. The van der Waals surface area contributed by atoms with E-state index >= 15 is 0 Å². The molecule has 5 rings (SSSR count). The summed E-state index contributed by atoms with van der Waals surface area (Å²) in [6.45, 7) is 1.23. The van der Waals surface area contributed by atoms with Gasteiger partial charge in [-0.1, -0.05) is 41.9 Å². The van der Waals surface area contributed by atoms with E-state index in [-0.39, 0.29) is 0 Å². The van der Waals surface area contributed by atoms with Gasteiger partial charge in [0.1, 0.15) is 15.7 Å². The minimum atomic E-state index is 0.401. The van der Waals surface area contributed by atoms with Gasteiger partial charge in [0.25, 0.3) is 0 Å². The largest absolute Gasteiger partial charge is 0.383 e. The maximum atomic E-state index is 6.77. The number of nitrogens with zero attached hydrogens (tertiary/aromatic N) is 6. The molecule has 4 aromatic heterocycles. The number of halogens is 1. The average Bonchev–Trinajstić information content (AvgIpc) is 3.50. The molecule has 7 nitrogen and oxygen atoms in total. The number of methoxy groups -OCH3 is 1. The Labute approximate surface area is 187 Å². The maximum Gasteiger partial charge on any atom is 0.198 e. The highest BCUT2D eigenvalue weighted by Gasteiger charge is 2.23. The van der Waals surface area contributed by atoms with E-state index < -0.39 is 0 Å². The molecule has 0 aliphatic heterocycles. The van der Waals surface area contributed by atoms with Crippen LogP contribution < -0.4 is 0 Å². The highest BCUT2D eigenvalue weighted by molar-refractivity contribution is 7.22. The van der Waals surface area contributed by atoms with E-state index in [0.717, 1.165) is 31.9 Å². The predicted molar refractivity (Wildman–Crippen MR) is 123 cm³/mol. The predicted octanol–water partition coefficient (Wildman–Crippen LogP) is 4.92. The number of aryl methyl sites for hydroxylation is 1. The summed E-state index contributed by atoms with van der Waals surface area (Å²) in [5.74, 6) is 1.15. The van der Waals surface area contributed by atoms with E-state index in [2.05, 4.69) is 27.2 Å². The van der Waals surface area contributed by atoms with Crippen LogP contribution in [0.5, 0.6) is 0 Å². The van der Waals surface area contributed by atoms with Crippen LogP contribution in [0.25, 0.3) is 43.6 Å². The number of benzene rings is 1. The fourth-order valence-electron chi connectivity index (χ4n) is 3.54. The summed E-state index contributed by atoms with van der Waals surface area (Å²) in [6.07, 6.45) is 5.55. The molecule has 0 fully saturated rings. The van der Waals surface area contributed by atoms with Gasteiger partial charge in [0, 0.05) is 44.9 Å². The molecule has 0 N–H and O–H groups in total. The molecule has 0 saturated carbocycles. The number of fused-ring (bicyclic) bond motifs is 1. The summed E-state index contributed by atoms with van der Waals surface area (Å²) in [6, 6.07) is 12.1. The average molecular weight is 451 g/mol. The summed E-state index contributed by atoms with van der Waals surface area (Å²) in [4.78, 5) is 15.7. The van der Waals surface area contributed by atoms with Gasteiger partial charge >= 0.3 is 0 Å². The van der Waals surface area contributed by atoms with Crippen molar-refractivity contribution in [3.8, 4) is 33.3 Å². The van der Waals surface area contributed by atoms with Crippen molar-refractivity contribution in [1.82, 2.24) is 29.3 Å². The molecular weight excluding hydrogens is 432 g/mol. The number of thiophene rings is 1. The van der Waals surface area contributed by atoms with Crippen molar-refractivity contribution in [2.45, 2.75) is 6.54 Å². The lowest BCUT2D eigenvalue weighted by Crippen LogP contribution is -2.06. The van der Waals surface area contributed by atoms with Crippen molar-refractivity contribution in [2.75, 3.05) is 13.7 Å². The van der Waals surface area contributed by atoms with Crippen LogP contribution in [-0.2, 0) is 18.3 Å².